The van der Waals surface area contributed by atoms with Gasteiger partial charge in [-0.2, -0.15) is 0 Å². The molecule has 2 aromatic heterocycles. The van der Waals surface area contributed by atoms with Crippen LogP contribution in [0.5, 0.6) is 11.5 Å². The van der Waals surface area contributed by atoms with E-state index in [4.69, 9.17) is 17.0 Å². The van der Waals surface area contributed by atoms with Gasteiger partial charge in [-0.15, -0.1) is 11.3 Å². The Hall–Kier alpha value is -3.11. The van der Waals surface area contributed by atoms with Gasteiger partial charge in [-0.25, -0.2) is 4.39 Å². The first kappa shape index (κ1) is 24.6. The molecule has 3 aromatic rings. The van der Waals surface area contributed by atoms with Crippen LogP contribution < -0.4 is 15.4 Å². The third kappa shape index (κ3) is 5.65. The summed E-state index contributed by atoms with van der Waals surface area (Å²) in [6.07, 6.45) is 8.56. The average Bonchev–Trinajstić information content (AvgIpc) is 3.62. The van der Waals surface area contributed by atoms with Crippen LogP contribution in [0, 0.1) is 11.7 Å². The number of likely N-dealkylation sites (tertiary alicyclic amines) is 1. The number of anilines is 1. The van der Waals surface area contributed by atoms with Crippen LogP contribution in [-0.2, 0) is 4.79 Å². The van der Waals surface area contributed by atoms with Crippen LogP contribution >= 0.6 is 23.6 Å². The van der Waals surface area contributed by atoms with Gasteiger partial charge in [0.05, 0.1) is 15.1 Å². The van der Waals surface area contributed by atoms with Crippen molar-refractivity contribution in [1.29, 1.82) is 0 Å². The number of thiophene rings is 1. The van der Waals surface area contributed by atoms with E-state index < -0.39 is 5.82 Å². The number of carbonyl (C=O) groups excluding carboxylic acids is 2. The Morgan fingerprint density at radius 3 is 2.64 bits per heavy atom. The minimum atomic E-state index is -0.588. The Labute approximate surface area is 218 Å². The fourth-order valence-electron chi connectivity index (χ4n) is 4.77. The molecule has 2 aliphatic rings. The zero-order valence-corrected chi connectivity index (χ0v) is 21.4. The fourth-order valence-corrected chi connectivity index (χ4v) is 6.04. The predicted molar refractivity (Wildman–Crippen MR) is 142 cm³/mol. The van der Waals surface area contributed by atoms with Gasteiger partial charge in [0, 0.05) is 43.5 Å². The van der Waals surface area contributed by atoms with Gasteiger partial charge in [0.25, 0.3) is 5.91 Å². The summed E-state index contributed by atoms with van der Waals surface area (Å²) in [6, 6.07) is 7.81. The number of benzene rings is 1. The molecular weight excluding hydrogens is 499 g/mol. The lowest BCUT2D eigenvalue weighted by molar-refractivity contribution is -0.120. The molecular formula is C26H27FN4O3S2. The normalized spacial score (nSPS) is 15.9. The molecule has 7 nitrogen and oxygen atoms in total. The second-order valence-electron chi connectivity index (χ2n) is 9.24. The molecule has 1 aliphatic heterocycles. The van der Waals surface area contributed by atoms with Crippen molar-refractivity contribution < 1.29 is 18.7 Å². The van der Waals surface area contributed by atoms with E-state index in [1.54, 1.807) is 24.4 Å². The standard InChI is InChI=1S/C26H27FN4O3S2/c27-18-14-17(29-26(35)30-23(32)13-16-5-1-2-6-16)7-8-20(18)34-21-9-10-28-19-15-22(36-24(19)21)25(33)31-11-3-4-12-31/h7-10,14-16H,1-6,11-13H2,(H2,29,30,32,35). The number of pyridine rings is 1. The number of amides is 2. The van der Waals surface area contributed by atoms with Crippen molar-refractivity contribution in [3.8, 4) is 11.5 Å². The summed E-state index contributed by atoms with van der Waals surface area (Å²) in [6.45, 7) is 1.53. The van der Waals surface area contributed by atoms with Crippen molar-refractivity contribution in [2.45, 2.75) is 44.9 Å². The molecule has 10 heteroatoms. The first-order valence-corrected chi connectivity index (χ1v) is 13.4. The molecule has 188 valence electrons. The Morgan fingerprint density at radius 2 is 1.89 bits per heavy atom. The minimum Gasteiger partial charge on any atom is -0.453 e. The summed E-state index contributed by atoms with van der Waals surface area (Å²) in [5.41, 5.74) is 1.04. The topological polar surface area (TPSA) is 83.6 Å². The van der Waals surface area contributed by atoms with Gasteiger partial charge in [-0.1, -0.05) is 12.8 Å². The number of hydrogen-bond acceptors (Lipinski definition) is 6. The molecule has 0 bridgehead atoms. The summed E-state index contributed by atoms with van der Waals surface area (Å²) >= 11 is 6.52. The largest absolute Gasteiger partial charge is 0.453 e. The Kier molecular flexibility index (Phi) is 7.43. The maximum Gasteiger partial charge on any atom is 0.264 e. The number of aromatic nitrogens is 1. The van der Waals surface area contributed by atoms with Crippen molar-refractivity contribution in [3.63, 3.8) is 0 Å². The van der Waals surface area contributed by atoms with Crippen molar-refractivity contribution in [3.05, 3.63) is 47.2 Å². The third-order valence-corrected chi connectivity index (χ3v) is 7.92. The SMILES string of the molecule is O=C(CC1CCCC1)NC(=S)Nc1ccc(Oc2ccnc3cc(C(=O)N4CCCC4)sc23)c(F)c1. The monoisotopic (exact) mass is 526 g/mol. The number of nitrogens with one attached hydrogen (secondary N) is 2. The summed E-state index contributed by atoms with van der Waals surface area (Å²) in [7, 11) is 0. The van der Waals surface area contributed by atoms with Gasteiger partial charge >= 0.3 is 0 Å². The molecule has 2 amide bonds. The smallest absolute Gasteiger partial charge is 0.264 e. The zero-order valence-electron chi connectivity index (χ0n) is 19.7. The van der Waals surface area contributed by atoms with E-state index in [0.717, 1.165) is 38.8 Å². The number of ether oxygens (including phenoxy) is 1. The van der Waals surface area contributed by atoms with Crippen molar-refractivity contribution in [2.24, 2.45) is 5.92 Å². The summed E-state index contributed by atoms with van der Waals surface area (Å²) in [4.78, 5) is 31.8. The highest BCUT2D eigenvalue weighted by molar-refractivity contribution is 7.80. The second kappa shape index (κ2) is 10.9. The molecule has 0 atom stereocenters. The second-order valence-corrected chi connectivity index (χ2v) is 10.7. The molecule has 1 aliphatic carbocycles. The van der Waals surface area contributed by atoms with Crippen LogP contribution in [0.15, 0.2) is 36.5 Å². The molecule has 0 spiro atoms. The number of thiocarbonyl (C=S) groups is 1. The number of rotatable bonds is 6. The maximum atomic E-state index is 14.9. The highest BCUT2D eigenvalue weighted by atomic mass is 32.1. The maximum absolute atomic E-state index is 14.9. The molecule has 2 N–H and O–H groups in total. The van der Waals surface area contributed by atoms with E-state index in [9.17, 15) is 14.0 Å². The number of fused-ring (bicyclic) bond motifs is 1. The van der Waals surface area contributed by atoms with Crippen LogP contribution in [0.25, 0.3) is 10.2 Å². The zero-order chi connectivity index (χ0) is 25.1. The molecule has 36 heavy (non-hydrogen) atoms. The Balaban J connectivity index is 1.24. The first-order chi connectivity index (χ1) is 17.5. The third-order valence-electron chi connectivity index (χ3n) is 6.59. The average molecular weight is 527 g/mol. The van der Waals surface area contributed by atoms with E-state index in [0.29, 0.717) is 38.9 Å². The minimum absolute atomic E-state index is 0.00522. The molecule has 1 saturated heterocycles. The molecule has 1 aromatic carbocycles. The Bertz CT molecular complexity index is 1300. The molecule has 0 unspecified atom stereocenters. The van der Waals surface area contributed by atoms with Gasteiger partial charge in [0.1, 0.15) is 5.75 Å². The quantitative estimate of drug-likeness (QED) is 0.392. The van der Waals surface area contributed by atoms with Gasteiger partial charge in [0.2, 0.25) is 5.91 Å². The lowest BCUT2D eigenvalue weighted by Gasteiger charge is -2.13. The summed E-state index contributed by atoms with van der Waals surface area (Å²) in [5, 5.41) is 5.66. The van der Waals surface area contributed by atoms with E-state index in [1.165, 1.54) is 36.3 Å². The van der Waals surface area contributed by atoms with Crippen molar-refractivity contribution in [1.82, 2.24) is 15.2 Å². The molecule has 0 radical (unpaired) electrons. The molecule has 5 rings (SSSR count). The van der Waals surface area contributed by atoms with E-state index in [-0.39, 0.29) is 22.7 Å². The van der Waals surface area contributed by atoms with Crippen molar-refractivity contribution in [2.75, 3.05) is 18.4 Å². The summed E-state index contributed by atoms with van der Waals surface area (Å²) < 4.78 is 21.5. The molecule has 3 heterocycles. The first-order valence-electron chi connectivity index (χ1n) is 12.2. The van der Waals surface area contributed by atoms with Gasteiger partial charge < -0.3 is 20.3 Å². The molecule has 2 fully saturated rings. The fraction of sp³-hybridized carbons (Fsp3) is 0.385. The van der Waals surface area contributed by atoms with E-state index >= 15 is 0 Å². The van der Waals surface area contributed by atoms with Crippen LogP contribution in [0.2, 0.25) is 0 Å². The lowest BCUT2D eigenvalue weighted by Crippen LogP contribution is -2.34. The van der Waals surface area contributed by atoms with Crippen molar-refractivity contribution >= 4 is 56.4 Å². The summed E-state index contributed by atoms with van der Waals surface area (Å²) in [5.74, 6) is 0.160. The van der Waals surface area contributed by atoms with Crippen LogP contribution in [0.3, 0.4) is 0 Å². The molecule has 1 saturated carbocycles. The van der Waals surface area contributed by atoms with Gasteiger partial charge in [0.15, 0.2) is 16.7 Å². The van der Waals surface area contributed by atoms with Crippen LogP contribution in [-0.4, -0.2) is 39.9 Å². The predicted octanol–water partition coefficient (Wildman–Crippen LogP) is 5.86. The lowest BCUT2D eigenvalue weighted by atomic mass is 10.0. The number of halogens is 1. The number of carbonyl (C=O) groups is 2. The van der Waals surface area contributed by atoms with E-state index in [1.807, 2.05) is 4.90 Å². The van der Waals surface area contributed by atoms with Gasteiger partial charge in [-0.3, -0.25) is 14.6 Å². The number of nitrogens with zero attached hydrogens (tertiary/aromatic N) is 2. The Morgan fingerprint density at radius 1 is 1.11 bits per heavy atom. The number of hydrogen-bond donors (Lipinski definition) is 2. The highest BCUT2D eigenvalue weighted by Gasteiger charge is 2.23. The van der Waals surface area contributed by atoms with E-state index in [2.05, 4.69) is 15.6 Å². The van der Waals surface area contributed by atoms with Crippen LogP contribution in [0.1, 0.15) is 54.6 Å². The van der Waals surface area contributed by atoms with Gasteiger partial charge in [-0.05, 0) is 62.0 Å². The van der Waals surface area contributed by atoms with Crippen LogP contribution in [0.4, 0.5) is 10.1 Å². The highest BCUT2D eigenvalue weighted by Crippen LogP contribution is 2.37.